The second-order valence-electron chi connectivity index (χ2n) is 7.94. The summed E-state index contributed by atoms with van der Waals surface area (Å²) in [5.41, 5.74) is 1.92. The lowest BCUT2D eigenvalue weighted by atomic mass is 10.0. The van der Waals surface area contributed by atoms with Crippen molar-refractivity contribution in [2.45, 2.75) is 23.8 Å². The number of alkyl halides is 3. The highest BCUT2D eigenvalue weighted by Crippen LogP contribution is 2.31. The number of rotatable bonds is 10. The summed E-state index contributed by atoms with van der Waals surface area (Å²) in [6, 6.07) is 19.0. The monoisotopic (exact) mass is 557 g/mol. The van der Waals surface area contributed by atoms with E-state index < -0.39 is 17.7 Å². The SMILES string of the molecule is CO/N=C(\C(=O)OC)c1ccccc1COc1ccc(-c2nnc(SCc3ccc(C(F)(F)F)cc3)o2)cc1. The zero-order valence-electron chi connectivity index (χ0n) is 20.8. The zero-order chi connectivity index (χ0) is 27.8. The number of aromatic nitrogens is 2. The van der Waals surface area contributed by atoms with E-state index in [-0.39, 0.29) is 12.3 Å². The van der Waals surface area contributed by atoms with Crippen LogP contribution in [0.3, 0.4) is 0 Å². The van der Waals surface area contributed by atoms with Gasteiger partial charge in [0.2, 0.25) is 5.89 Å². The molecule has 0 aliphatic rings. The first kappa shape index (κ1) is 27.7. The molecule has 0 aliphatic carbocycles. The molecule has 0 saturated carbocycles. The Hall–Kier alpha value is -4.32. The van der Waals surface area contributed by atoms with Gasteiger partial charge >= 0.3 is 12.1 Å². The van der Waals surface area contributed by atoms with Gasteiger partial charge in [-0.1, -0.05) is 53.3 Å². The second-order valence-corrected chi connectivity index (χ2v) is 8.87. The van der Waals surface area contributed by atoms with Crippen molar-refractivity contribution in [2.75, 3.05) is 14.2 Å². The lowest BCUT2D eigenvalue weighted by molar-refractivity contribution is -0.137. The van der Waals surface area contributed by atoms with E-state index >= 15 is 0 Å². The summed E-state index contributed by atoms with van der Waals surface area (Å²) in [5, 5.41) is 12.1. The minimum atomic E-state index is -4.37. The summed E-state index contributed by atoms with van der Waals surface area (Å²) in [7, 11) is 2.60. The summed E-state index contributed by atoms with van der Waals surface area (Å²) in [5.74, 6) is 0.597. The van der Waals surface area contributed by atoms with E-state index in [9.17, 15) is 18.0 Å². The molecule has 0 fully saturated rings. The Balaban J connectivity index is 1.37. The molecule has 4 aromatic rings. The average molecular weight is 558 g/mol. The van der Waals surface area contributed by atoms with Crippen LogP contribution in [0, 0.1) is 0 Å². The number of benzene rings is 3. The predicted octanol–water partition coefficient (Wildman–Crippen LogP) is 6.15. The molecule has 8 nitrogen and oxygen atoms in total. The molecule has 1 heterocycles. The third-order valence-electron chi connectivity index (χ3n) is 5.38. The maximum atomic E-state index is 12.7. The summed E-state index contributed by atoms with van der Waals surface area (Å²) >= 11 is 1.22. The lowest BCUT2D eigenvalue weighted by Crippen LogP contribution is -2.19. The highest BCUT2D eigenvalue weighted by molar-refractivity contribution is 7.98. The Labute approximate surface area is 225 Å². The minimum Gasteiger partial charge on any atom is -0.489 e. The van der Waals surface area contributed by atoms with Crippen LogP contribution >= 0.6 is 11.8 Å². The molecule has 0 atom stereocenters. The van der Waals surface area contributed by atoms with Crippen LogP contribution in [0.5, 0.6) is 5.75 Å². The van der Waals surface area contributed by atoms with Crippen LogP contribution in [-0.4, -0.2) is 36.1 Å². The van der Waals surface area contributed by atoms with Gasteiger partial charge in [0, 0.05) is 16.9 Å². The van der Waals surface area contributed by atoms with Crippen LogP contribution < -0.4 is 4.74 Å². The van der Waals surface area contributed by atoms with Gasteiger partial charge < -0.3 is 18.7 Å². The highest BCUT2D eigenvalue weighted by Gasteiger charge is 2.30. The second kappa shape index (κ2) is 12.5. The van der Waals surface area contributed by atoms with E-state index in [1.165, 1.54) is 38.1 Å². The van der Waals surface area contributed by atoms with Gasteiger partial charge in [0.25, 0.3) is 5.22 Å². The van der Waals surface area contributed by atoms with Gasteiger partial charge in [-0.15, -0.1) is 10.2 Å². The van der Waals surface area contributed by atoms with Crippen molar-refractivity contribution in [2.24, 2.45) is 5.16 Å². The van der Waals surface area contributed by atoms with Crippen molar-refractivity contribution >= 4 is 23.4 Å². The van der Waals surface area contributed by atoms with E-state index in [0.717, 1.165) is 12.1 Å². The maximum absolute atomic E-state index is 12.7. The molecule has 4 rings (SSSR count). The third-order valence-corrected chi connectivity index (χ3v) is 6.27. The maximum Gasteiger partial charge on any atom is 0.416 e. The van der Waals surface area contributed by atoms with E-state index in [1.54, 1.807) is 42.5 Å². The number of oxime groups is 1. The summed E-state index contributed by atoms with van der Waals surface area (Å²) in [4.78, 5) is 16.9. The molecule has 0 spiro atoms. The van der Waals surface area contributed by atoms with Gasteiger partial charge in [-0.3, -0.25) is 0 Å². The molecule has 3 aromatic carbocycles. The number of hydrogen-bond acceptors (Lipinski definition) is 9. The van der Waals surface area contributed by atoms with E-state index in [0.29, 0.717) is 44.9 Å². The summed E-state index contributed by atoms with van der Waals surface area (Å²) in [6.45, 7) is 0.153. The normalized spacial score (nSPS) is 11.8. The summed E-state index contributed by atoms with van der Waals surface area (Å²) in [6.07, 6.45) is -4.37. The molecule has 1 aromatic heterocycles. The van der Waals surface area contributed by atoms with Crippen LogP contribution in [0.1, 0.15) is 22.3 Å². The molecule has 12 heteroatoms. The van der Waals surface area contributed by atoms with Crippen LogP contribution in [0.4, 0.5) is 13.2 Å². The lowest BCUT2D eigenvalue weighted by Gasteiger charge is -2.12. The van der Waals surface area contributed by atoms with Gasteiger partial charge in [0.1, 0.15) is 19.5 Å². The molecule has 0 saturated heterocycles. The number of ether oxygens (including phenoxy) is 2. The van der Waals surface area contributed by atoms with E-state index in [2.05, 4.69) is 15.4 Å². The Bertz CT molecular complexity index is 1440. The van der Waals surface area contributed by atoms with Crippen molar-refractivity contribution in [1.29, 1.82) is 0 Å². The Morgan fingerprint density at radius 1 is 0.974 bits per heavy atom. The third kappa shape index (κ3) is 7.17. The number of thioether (sulfide) groups is 1. The molecule has 202 valence electrons. The van der Waals surface area contributed by atoms with Crippen LogP contribution in [0.2, 0.25) is 0 Å². The number of esters is 1. The standard InChI is InChI=1S/C27H22F3N3O5S/c1-35-25(34)23(33-36-2)22-6-4-3-5-19(22)15-37-21-13-9-18(10-14-21)24-31-32-26(38-24)39-16-17-7-11-20(12-8-17)27(28,29)30/h3-14H,15-16H2,1-2H3/b33-23-. The van der Waals surface area contributed by atoms with Crippen molar-refractivity contribution < 1.29 is 36.7 Å². The number of halogens is 3. The number of carbonyl (C=O) groups excluding carboxylic acids is 1. The smallest absolute Gasteiger partial charge is 0.416 e. The van der Waals surface area contributed by atoms with Gasteiger partial charge in [0.15, 0.2) is 5.71 Å². The Morgan fingerprint density at radius 3 is 2.36 bits per heavy atom. The van der Waals surface area contributed by atoms with Crippen molar-refractivity contribution in [3.05, 3.63) is 95.1 Å². The fourth-order valence-corrected chi connectivity index (χ4v) is 4.16. The largest absolute Gasteiger partial charge is 0.489 e. The first-order valence-corrected chi connectivity index (χ1v) is 12.4. The highest BCUT2D eigenvalue weighted by atomic mass is 32.2. The fourth-order valence-electron chi connectivity index (χ4n) is 3.44. The fraction of sp³-hybridized carbons (Fsp3) is 0.185. The molecule has 39 heavy (non-hydrogen) atoms. The molecule has 0 aliphatic heterocycles. The topological polar surface area (TPSA) is 96.0 Å². The van der Waals surface area contributed by atoms with Crippen LogP contribution in [0.25, 0.3) is 11.5 Å². The van der Waals surface area contributed by atoms with Crippen molar-refractivity contribution in [3.63, 3.8) is 0 Å². The number of hydrogen-bond donors (Lipinski definition) is 0. The quantitative estimate of drug-likeness (QED) is 0.0992. The molecule has 0 amide bonds. The van der Waals surface area contributed by atoms with Gasteiger partial charge in [-0.2, -0.15) is 13.2 Å². The van der Waals surface area contributed by atoms with Crippen molar-refractivity contribution in [3.8, 4) is 17.2 Å². The van der Waals surface area contributed by atoms with Crippen LogP contribution in [-0.2, 0) is 32.9 Å². The summed E-state index contributed by atoms with van der Waals surface area (Å²) < 4.78 is 54.5. The van der Waals surface area contributed by atoms with Gasteiger partial charge in [-0.05, 0) is 47.5 Å². The molecular weight excluding hydrogens is 535 g/mol. The minimum absolute atomic E-state index is 0.0259. The Morgan fingerprint density at radius 2 is 1.69 bits per heavy atom. The molecular formula is C27H22F3N3O5S. The van der Waals surface area contributed by atoms with E-state index in [1.807, 2.05) is 6.07 Å². The van der Waals surface area contributed by atoms with Crippen LogP contribution in [0.15, 0.2) is 87.6 Å². The van der Waals surface area contributed by atoms with Gasteiger partial charge in [-0.25, -0.2) is 4.79 Å². The average Bonchev–Trinajstić information content (AvgIpc) is 3.43. The number of methoxy groups -OCH3 is 1. The number of nitrogens with zero attached hydrogens (tertiary/aromatic N) is 3. The van der Waals surface area contributed by atoms with E-state index in [4.69, 9.17) is 18.7 Å². The molecule has 0 N–H and O–H groups in total. The molecule has 0 radical (unpaired) electrons. The zero-order valence-corrected chi connectivity index (χ0v) is 21.6. The van der Waals surface area contributed by atoms with Gasteiger partial charge in [0.05, 0.1) is 12.7 Å². The first-order chi connectivity index (χ1) is 18.8. The van der Waals surface area contributed by atoms with Crippen molar-refractivity contribution in [1.82, 2.24) is 10.2 Å². The molecule has 0 bridgehead atoms. The molecule has 0 unspecified atom stereocenters. The predicted molar refractivity (Wildman–Crippen MR) is 137 cm³/mol. The number of carbonyl (C=O) groups is 1. The first-order valence-electron chi connectivity index (χ1n) is 11.4. The Kier molecular flexibility index (Phi) is 8.87.